The second-order valence-corrected chi connectivity index (χ2v) is 5.72. The van der Waals surface area contributed by atoms with Crippen LogP contribution in [0, 0.1) is 27.7 Å². The van der Waals surface area contributed by atoms with Crippen molar-refractivity contribution in [3.8, 4) is 0 Å². The van der Waals surface area contributed by atoms with Gasteiger partial charge in [0.2, 0.25) is 5.91 Å². The van der Waals surface area contributed by atoms with E-state index in [1.54, 1.807) is 11.5 Å². The molecule has 0 aliphatic heterocycles. The lowest BCUT2D eigenvalue weighted by Gasteiger charge is -2.11. The van der Waals surface area contributed by atoms with Crippen LogP contribution in [0.3, 0.4) is 0 Å². The first-order valence-electron chi connectivity index (χ1n) is 7.69. The molecule has 0 bridgehead atoms. The molecule has 2 aromatic rings. The van der Waals surface area contributed by atoms with E-state index in [0.29, 0.717) is 31.7 Å². The van der Waals surface area contributed by atoms with Crippen LogP contribution in [0.15, 0.2) is 16.9 Å². The van der Waals surface area contributed by atoms with Crippen molar-refractivity contribution in [2.45, 2.75) is 47.2 Å². The summed E-state index contributed by atoms with van der Waals surface area (Å²) >= 11 is 0. The minimum Gasteiger partial charge on any atom is -0.354 e. The molecule has 0 aromatic carbocycles. The molecule has 2 aromatic heterocycles. The van der Waals surface area contributed by atoms with Crippen molar-refractivity contribution < 1.29 is 4.79 Å². The van der Waals surface area contributed by atoms with Crippen LogP contribution in [0.2, 0.25) is 0 Å². The van der Waals surface area contributed by atoms with E-state index in [2.05, 4.69) is 15.4 Å². The zero-order valence-corrected chi connectivity index (χ0v) is 14.1. The molecular formula is C16H23N5O2. The summed E-state index contributed by atoms with van der Waals surface area (Å²) in [5.41, 5.74) is 3.27. The molecule has 7 heteroatoms. The zero-order chi connectivity index (χ0) is 17.0. The van der Waals surface area contributed by atoms with Gasteiger partial charge in [0.15, 0.2) is 0 Å². The number of aromatic nitrogens is 4. The van der Waals surface area contributed by atoms with Crippen molar-refractivity contribution in [2.24, 2.45) is 0 Å². The highest BCUT2D eigenvalue weighted by atomic mass is 16.2. The van der Waals surface area contributed by atoms with E-state index in [9.17, 15) is 9.59 Å². The Bertz CT molecular complexity index is 760. The number of hydrogen-bond donors (Lipinski definition) is 1. The van der Waals surface area contributed by atoms with E-state index in [1.807, 2.05) is 37.6 Å². The Morgan fingerprint density at radius 1 is 1.09 bits per heavy atom. The van der Waals surface area contributed by atoms with Gasteiger partial charge in [-0.3, -0.25) is 14.0 Å². The molecule has 2 rings (SSSR count). The molecule has 0 aliphatic carbocycles. The Kier molecular flexibility index (Phi) is 5.31. The minimum absolute atomic E-state index is 0.0525. The minimum atomic E-state index is -0.278. The molecule has 0 spiro atoms. The molecule has 0 saturated heterocycles. The van der Waals surface area contributed by atoms with Gasteiger partial charge in [-0.2, -0.15) is 10.1 Å². The van der Waals surface area contributed by atoms with Crippen molar-refractivity contribution in [3.05, 3.63) is 45.4 Å². The monoisotopic (exact) mass is 317 g/mol. The van der Waals surface area contributed by atoms with Crippen LogP contribution in [-0.4, -0.2) is 31.8 Å². The van der Waals surface area contributed by atoms with Gasteiger partial charge in [-0.1, -0.05) is 0 Å². The summed E-state index contributed by atoms with van der Waals surface area (Å²) in [5, 5.41) is 7.15. The molecule has 2 heterocycles. The molecule has 1 N–H and O–H groups in total. The molecule has 7 nitrogen and oxygen atoms in total. The SMILES string of the molecule is Cc1cc(C)n(CCNC(=O)CCn2nc(C)cc2C)c(=O)n1. The van der Waals surface area contributed by atoms with E-state index in [0.717, 1.165) is 17.1 Å². The first kappa shape index (κ1) is 16.9. The molecule has 1 amide bonds. The second-order valence-electron chi connectivity index (χ2n) is 5.72. The first-order valence-corrected chi connectivity index (χ1v) is 7.69. The van der Waals surface area contributed by atoms with Gasteiger partial charge >= 0.3 is 5.69 Å². The average molecular weight is 317 g/mol. The van der Waals surface area contributed by atoms with E-state index < -0.39 is 0 Å². The fraction of sp³-hybridized carbons (Fsp3) is 0.500. The predicted molar refractivity (Wildman–Crippen MR) is 87.3 cm³/mol. The number of aryl methyl sites for hydroxylation is 5. The maximum Gasteiger partial charge on any atom is 0.348 e. The summed E-state index contributed by atoms with van der Waals surface area (Å²) in [6.07, 6.45) is 0.363. The molecule has 124 valence electrons. The Morgan fingerprint density at radius 3 is 2.39 bits per heavy atom. The fourth-order valence-corrected chi connectivity index (χ4v) is 2.55. The Balaban J connectivity index is 1.81. The van der Waals surface area contributed by atoms with Crippen molar-refractivity contribution in [2.75, 3.05) is 6.54 Å². The molecule has 23 heavy (non-hydrogen) atoms. The van der Waals surface area contributed by atoms with Crippen molar-refractivity contribution in [1.82, 2.24) is 24.6 Å². The van der Waals surface area contributed by atoms with Crippen molar-refractivity contribution in [1.29, 1.82) is 0 Å². The predicted octanol–water partition coefficient (Wildman–Crippen LogP) is 0.880. The van der Waals surface area contributed by atoms with Crippen LogP contribution in [0.4, 0.5) is 0 Å². The molecule has 0 aliphatic rings. The Hall–Kier alpha value is -2.44. The largest absolute Gasteiger partial charge is 0.354 e. The fourth-order valence-electron chi connectivity index (χ4n) is 2.55. The molecule has 0 unspecified atom stereocenters. The molecule has 0 fully saturated rings. The van der Waals surface area contributed by atoms with Gasteiger partial charge in [-0.15, -0.1) is 0 Å². The highest BCUT2D eigenvalue weighted by Crippen LogP contribution is 2.02. The van der Waals surface area contributed by atoms with Crippen LogP contribution in [0.5, 0.6) is 0 Å². The van der Waals surface area contributed by atoms with Crippen molar-refractivity contribution >= 4 is 5.91 Å². The topological polar surface area (TPSA) is 81.8 Å². The average Bonchev–Trinajstić information content (AvgIpc) is 2.77. The van der Waals surface area contributed by atoms with E-state index in [4.69, 9.17) is 0 Å². The van der Waals surface area contributed by atoms with Crippen LogP contribution < -0.4 is 11.0 Å². The summed E-state index contributed by atoms with van der Waals surface area (Å²) in [4.78, 5) is 27.6. The lowest BCUT2D eigenvalue weighted by molar-refractivity contribution is -0.121. The molecule has 0 radical (unpaired) electrons. The number of hydrogen-bond acceptors (Lipinski definition) is 4. The smallest absolute Gasteiger partial charge is 0.348 e. The standard InChI is InChI=1S/C16H23N5O2/c1-11-9-13(3)20(16(23)18-11)8-6-17-15(22)5-7-21-14(4)10-12(2)19-21/h9-10H,5-8H2,1-4H3,(H,17,22). The normalized spacial score (nSPS) is 10.8. The van der Waals surface area contributed by atoms with Gasteiger partial charge in [-0.25, -0.2) is 4.79 Å². The van der Waals surface area contributed by atoms with E-state index in [1.165, 1.54) is 0 Å². The number of carbonyl (C=O) groups excluding carboxylic acids is 1. The third kappa shape index (κ3) is 4.51. The summed E-state index contributed by atoms with van der Waals surface area (Å²) in [5.74, 6) is -0.0525. The summed E-state index contributed by atoms with van der Waals surface area (Å²) < 4.78 is 3.39. The van der Waals surface area contributed by atoms with Gasteiger partial charge in [0.05, 0.1) is 5.69 Å². The zero-order valence-electron chi connectivity index (χ0n) is 14.1. The number of amides is 1. The molecule has 0 saturated carbocycles. The maximum absolute atomic E-state index is 11.9. The number of carbonyl (C=O) groups is 1. The van der Waals surface area contributed by atoms with E-state index in [-0.39, 0.29) is 11.6 Å². The summed E-state index contributed by atoms with van der Waals surface area (Å²) in [6, 6.07) is 3.84. The Labute approximate surface area is 135 Å². The third-order valence-corrected chi connectivity index (χ3v) is 3.66. The number of rotatable bonds is 6. The van der Waals surface area contributed by atoms with Gasteiger partial charge in [0, 0.05) is 43.1 Å². The summed E-state index contributed by atoms with van der Waals surface area (Å²) in [7, 11) is 0. The lowest BCUT2D eigenvalue weighted by Crippen LogP contribution is -2.33. The quantitative estimate of drug-likeness (QED) is 0.857. The molecule has 0 atom stereocenters. The summed E-state index contributed by atoms with van der Waals surface area (Å²) in [6.45, 7) is 8.93. The van der Waals surface area contributed by atoms with Gasteiger partial charge in [0.1, 0.15) is 0 Å². The highest BCUT2D eigenvalue weighted by molar-refractivity contribution is 5.75. The third-order valence-electron chi connectivity index (χ3n) is 3.66. The van der Waals surface area contributed by atoms with Gasteiger partial charge in [0.25, 0.3) is 0 Å². The van der Waals surface area contributed by atoms with Crippen LogP contribution in [0.25, 0.3) is 0 Å². The first-order chi connectivity index (χ1) is 10.9. The highest BCUT2D eigenvalue weighted by Gasteiger charge is 2.06. The number of nitrogens with one attached hydrogen (secondary N) is 1. The number of nitrogens with zero attached hydrogens (tertiary/aromatic N) is 4. The van der Waals surface area contributed by atoms with Crippen molar-refractivity contribution in [3.63, 3.8) is 0 Å². The molecular weight excluding hydrogens is 294 g/mol. The van der Waals surface area contributed by atoms with Gasteiger partial charge in [-0.05, 0) is 39.8 Å². The van der Waals surface area contributed by atoms with Gasteiger partial charge < -0.3 is 5.32 Å². The lowest BCUT2D eigenvalue weighted by atomic mass is 10.3. The van der Waals surface area contributed by atoms with Crippen LogP contribution in [0.1, 0.15) is 29.2 Å². The second kappa shape index (κ2) is 7.21. The maximum atomic E-state index is 11.9. The van der Waals surface area contributed by atoms with Crippen LogP contribution in [-0.2, 0) is 17.9 Å². The van der Waals surface area contributed by atoms with E-state index >= 15 is 0 Å². The Morgan fingerprint density at radius 2 is 1.78 bits per heavy atom. The van der Waals surface area contributed by atoms with Crippen LogP contribution >= 0.6 is 0 Å².